The Morgan fingerprint density at radius 1 is 1.17 bits per heavy atom. The third-order valence-corrected chi connectivity index (χ3v) is 5.53. The van der Waals surface area contributed by atoms with Crippen LogP contribution in [0.5, 0.6) is 0 Å². The second kappa shape index (κ2) is 6.73. The average molecular weight is 395 g/mol. The Balaban J connectivity index is 1.65. The summed E-state index contributed by atoms with van der Waals surface area (Å²) < 4.78 is 32.8. The van der Waals surface area contributed by atoms with Gasteiger partial charge in [0.2, 0.25) is 0 Å². The second-order valence-corrected chi connectivity index (χ2v) is 7.45. The first-order chi connectivity index (χ1) is 14.0. The normalized spacial score (nSPS) is 15.4. The van der Waals surface area contributed by atoms with Gasteiger partial charge < -0.3 is 9.72 Å². The lowest BCUT2D eigenvalue weighted by atomic mass is 10.0. The van der Waals surface area contributed by atoms with Gasteiger partial charge in [-0.3, -0.25) is 9.36 Å². The minimum Gasteiger partial charge on any atom is -0.317 e. The van der Waals surface area contributed by atoms with Crippen molar-refractivity contribution in [3.63, 3.8) is 0 Å². The van der Waals surface area contributed by atoms with Crippen molar-refractivity contribution in [3.8, 4) is 11.1 Å². The molecule has 1 N–H and O–H groups in total. The maximum Gasteiger partial charge on any atom is 0.261 e. The number of pyridine rings is 1. The summed E-state index contributed by atoms with van der Waals surface area (Å²) in [6.07, 6.45) is 6.39. The van der Waals surface area contributed by atoms with E-state index in [2.05, 4.69) is 15.3 Å². The van der Waals surface area contributed by atoms with E-state index >= 15 is 4.39 Å². The molecule has 0 spiro atoms. The number of piperidine rings is 1. The largest absolute Gasteiger partial charge is 0.317 e. The molecule has 0 unspecified atom stereocenters. The van der Waals surface area contributed by atoms with Gasteiger partial charge in [0.1, 0.15) is 5.52 Å². The zero-order valence-corrected chi connectivity index (χ0v) is 15.8. The van der Waals surface area contributed by atoms with E-state index in [1.165, 1.54) is 22.9 Å². The molecule has 0 amide bonds. The van der Waals surface area contributed by atoms with E-state index in [4.69, 9.17) is 0 Å². The van der Waals surface area contributed by atoms with Crippen LogP contribution >= 0.6 is 0 Å². The molecule has 4 aromatic rings. The lowest BCUT2D eigenvalue weighted by Gasteiger charge is -2.24. The number of halogens is 2. The van der Waals surface area contributed by atoms with Crippen LogP contribution in [0, 0.1) is 18.6 Å². The van der Waals surface area contributed by atoms with Crippen LogP contribution in [0.3, 0.4) is 0 Å². The molecule has 8 heteroatoms. The number of rotatable bonds is 2. The fourth-order valence-corrected chi connectivity index (χ4v) is 4.07. The van der Waals surface area contributed by atoms with Crippen molar-refractivity contribution < 1.29 is 8.78 Å². The molecule has 1 saturated heterocycles. The summed E-state index contributed by atoms with van der Waals surface area (Å²) in [5, 5.41) is 3.49. The molecule has 0 atom stereocenters. The topological polar surface area (TPSA) is 64.2 Å². The number of nitrogens with one attached hydrogen (secondary N) is 1. The van der Waals surface area contributed by atoms with Crippen molar-refractivity contribution in [2.24, 2.45) is 0 Å². The van der Waals surface area contributed by atoms with E-state index < -0.39 is 11.6 Å². The Hall–Kier alpha value is -3.13. The molecule has 0 saturated carbocycles. The van der Waals surface area contributed by atoms with Crippen molar-refractivity contribution in [1.82, 2.24) is 24.3 Å². The Labute approximate surface area is 164 Å². The highest BCUT2D eigenvalue weighted by Crippen LogP contribution is 2.29. The van der Waals surface area contributed by atoms with Crippen molar-refractivity contribution in [3.05, 3.63) is 64.6 Å². The van der Waals surface area contributed by atoms with Crippen LogP contribution in [0.1, 0.15) is 24.6 Å². The summed E-state index contributed by atoms with van der Waals surface area (Å²) in [5.74, 6) is -1.17. The third-order valence-electron chi connectivity index (χ3n) is 5.53. The molecule has 0 radical (unpaired) electrons. The van der Waals surface area contributed by atoms with Crippen LogP contribution < -0.4 is 10.9 Å². The molecule has 1 aliphatic rings. The van der Waals surface area contributed by atoms with Gasteiger partial charge in [-0.25, -0.2) is 18.7 Å². The molecule has 5 rings (SSSR count). The van der Waals surface area contributed by atoms with Gasteiger partial charge in [0, 0.05) is 29.6 Å². The smallest absolute Gasteiger partial charge is 0.261 e. The van der Waals surface area contributed by atoms with Gasteiger partial charge in [0.25, 0.3) is 5.56 Å². The number of nitrogens with zero attached hydrogens (tertiary/aromatic N) is 4. The van der Waals surface area contributed by atoms with E-state index in [1.807, 2.05) is 0 Å². The number of hydrogen-bond donors (Lipinski definition) is 1. The Bertz CT molecular complexity index is 1300. The molecule has 29 heavy (non-hydrogen) atoms. The number of fused-ring (bicyclic) bond motifs is 2. The van der Waals surface area contributed by atoms with Gasteiger partial charge in [-0.15, -0.1) is 0 Å². The van der Waals surface area contributed by atoms with Crippen LogP contribution in [-0.2, 0) is 0 Å². The summed E-state index contributed by atoms with van der Waals surface area (Å²) in [6, 6.07) is 4.40. The lowest BCUT2D eigenvalue weighted by Crippen LogP contribution is -2.34. The first kappa shape index (κ1) is 17.9. The predicted octanol–water partition coefficient (Wildman–Crippen LogP) is 3.22. The second-order valence-electron chi connectivity index (χ2n) is 7.45. The van der Waals surface area contributed by atoms with Crippen LogP contribution in [0.4, 0.5) is 8.78 Å². The molecule has 1 aliphatic heterocycles. The highest BCUT2D eigenvalue weighted by Gasteiger charge is 2.20. The Kier molecular flexibility index (Phi) is 4.16. The molecule has 6 nitrogen and oxygen atoms in total. The standard InChI is InChI=1S/C21H19F2N5O/c1-12-9-27-10-13(8-17(22)20(27)26-12)15-2-3-16-19(18(15)23)25-11-28(21(16)29)14-4-6-24-7-5-14/h2-3,8-11,14,24H,4-7H2,1H3. The maximum atomic E-state index is 15.3. The fourth-order valence-electron chi connectivity index (χ4n) is 4.07. The highest BCUT2D eigenvalue weighted by molar-refractivity contribution is 5.84. The van der Waals surface area contributed by atoms with Crippen LogP contribution in [0.25, 0.3) is 27.7 Å². The van der Waals surface area contributed by atoms with Gasteiger partial charge >= 0.3 is 0 Å². The minimum absolute atomic E-state index is 0.00000113. The minimum atomic E-state index is -0.632. The van der Waals surface area contributed by atoms with Gasteiger partial charge in [-0.2, -0.15) is 0 Å². The van der Waals surface area contributed by atoms with E-state index in [9.17, 15) is 9.18 Å². The van der Waals surface area contributed by atoms with E-state index in [0.717, 1.165) is 25.9 Å². The molecule has 0 aliphatic carbocycles. The maximum absolute atomic E-state index is 15.3. The monoisotopic (exact) mass is 395 g/mol. The van der Waals surface area contributed by atoms with Gasteiger partial charge in [0.05, 0.1) is 17.4 Å². The highest BCUT2D eigenvalue weighted by atomic mass is 19.1. The van der Waals surface area contributed by atoms with E-state index in [0.29, 0.717) is 11.3 Å². The number of imidazole rings is 1. The van der Waals surface area contributed by atoms with Gasteiger partial charge in [-0.1, -0.05) is 6.07 Å². The Morgan fingerprint density at radius 2 is 1.97 bits per heavy atom. The third kappa shape index (κ3) is 2.91. The molecular weight excluding hydrogens is 376 g/mol. The molecule has 4 heterocycles. The Morgan fingerprint density at radius 3 is 2.76 bits per heavy atom. The quantitative estimate of drug-likeness (QED) is 0.566. The molecule has 3 aromatic heterocycles. The predicted molar refractivity (Wildman–Crippen MR) is 106 cm³/mol. The average Bonchev–Trinajstić information content (AvgIpc) is 3.10. The number of hydrogen-bond acceptors (Lipinski definition) is 4. The number of aromatic nitrogens is 4. The molecule has 1 aromatic carbocycles. The van der Waals surface area contributed by atoms with Crippen molar-refractivity contribution >= 4 is 16.6 Å². The fraction of sp³-hybridized carbons (Fsp3) is 0.286. The summed E-state index contributed by atoms with van der Waals surface area (Å²) >= 11 is 0. The summed E-state index contributed by atoms with van der Waals surface area (Å²) in [6.45, 7) is 3.44. The van der Waals surface area contributed by atoms with Gasteiger partial charge in [0.15, 0.2) is 17.3 Å². The van der Waals surface area contributed by atoms with Crippen LogP contribution in [-0.4, -0.2) is 32.0 Å². The number of aryl methyl sites for hydroxylation is 1. The van der Waals surface area contributed by atoms with Gasteiger partial charge in [-0.05, 0) is 45.0 Å². The summed E-state index contributed by atoms with van der Waals surface area (Å²) in [7, 11) is 0. The zero-order chi connectivity index (χ0) is 20.1. The molecule has 0 bridgehead atoms. The molecule has 148 valence electrons. The van der Waals surface area contributed by atoms with Crippen LogP contribution in [0.2, 0.25) is 0 Å². The van der Waals surface area contributed by atoms with Crippen molar-refractivity contribution in [1.29, 1.82) is 0 Å². The SMILES string of the molecule is Cc1cn2cc(-c3ccc4c(=O)n(C5CCNCC5)cnc4c3F)cc(F)c2n1. The lowest BCUT2D eigenvalue weighted by molar-refractivity contribution is 0.359. The van der Waals surface area contributed by atoms with Crippen molar-refractivity contribution in [2.75, 3.05) is 13.1 Å². The van der Waals surface area contributed by atoms with Crippen molar-refractivity contribution in [2.45, 2.75) is 25.8 Å². The summed E-state index contributed by atoms with van der Waals surface area (Å²) in [5.41, 5.74) is 1.15. The molecular formula is C21H19F2N5O. The zero-order valence-electron chi connectivity index (χ0n) is 15.8. The van der Waals surface area contributed by atoms with E-state index in [1.54, 1.807) is 30.0 Å². The van der Waals surface area contributed by atoms with E-state index in [-0.39, 0.29) is 33.7 Å². The molecule has 1 fully saturated rings. The first-order valence-electron chi connectivity index (χ1n) is 9.58. The summed E-state index contributed by atoms with van der Waals surface area (Å²) in [4.78, 5) is 21.3. The first-order valence-corrected chi connectivity index (χ1v) is 9.58. The van der Waals surface area contributed by atoms with Crippen LogP contribution in [0.15, 0.2) is 41.7 Å². The number of benzene rings is 1.